The van der Waals surface area contributed by atoms with E-state index in [1.165, 1.54) is 6.33 Å². The highest BCUT2D eigenvalue weighted by Crippen LogP contribution is 2.30. The van der Waals surface area contributed by atoms with Crippen LogP contribution in [0.3, 0.4) is 0 Å². The lowest BCUT2D eigenvalue weighted by Gasteiger charge is -2.36. The summed E-state index contributed by atoms with van der Waals surface area (Å²) in [5.41, 5.74) is 1.51. The van der Waals surface area contributed by atoms with Crippen LogP contribution in [0, 0.1) is 0 Å². The Hall–Kier alpha value is -3.02. The fraction of sp³-hybridized carbons (Fsp3) is 0.176. The van der Waals surface area contributed by atoms with Gasteiger partial charge < -0.3 is 9.47 Å². The third-order valence-electron chi connectivity index (χ3n) is 4.11. The summed E-state index contributed by atoms with van der Waals surface area (Å²) in [6, 6.07) is 11.7. The predicted molar refractivity (Wildman–Crippen MR) is 83.3 cm³/mol. The Bertz CT molecular complexity index is 815. The highest BCUT2D eigenvalue weighted by atomic mass is 16.2. The summed E-state index contributed by atoms with van der Waals surface area (Å²) < 4.78 is 2.10. The summed E-state index contributed by atoms with van der Waals surface area (Å²) in [6.45, 7) is 1.16. The van der Waals surface area contributed by atoms with Gasteiger partial charge in [-0.3, -0.25) is 4.79 Å². The Kier molecular flexibility index (Phi) is 3.34. The predicted octanol–water partition coefficient (Wildman–Crippen LogP) is 2.07. The van der Waals surface area contributed by atoms with Gasteiger partial charge in [0.05, 0.1) is 12.6 Å². The molecule has 6 nitrogen and oxygen atoms in total. The maximum Gasteiger partial charge on any atom is 0.273 e. The van der Waals surface area contributed by atoms with Gasteiger partial charge in [-0.25, -0.2) is 15.0 Å². The minimum Gasteiger partial charge on any atom is -0.331 e. The Morgan fingerprint density at radius 3 is 2.74 bits per heavy atom. The van der Waals surface area contributed by atoms with Crippen LogP contribution in [0.2, 0.25) is 0 Å². The molecule has 0 saturated carbocycles. The van der Waals surface area contributed by atoms with Crippen LogP contribution in [0.15, 0.2) is 61.3 Å². The summed E-state index contributed by atoms with van der Waals surface area (Å²) in [4.78, 5) is 27.1. The first-order valence-electron chi connectivity index (χ1n) is 7.45. The van der Waals surface area contributed by atoms with Crippen molar-refractivity contribution in [2.75, 3.05) is 0 Å². The van der Waals surface area contributed by atoms with E-state index in [0.717, 1.165) is 11.4 Å². The molecule has 0 fully saturated rings. The fourth-order valence-electron chi connectivity index (χ4n) is 2.94. The summed E-state index contributed by atoms with van der Waals surface area (Å²) in [5.74, 6) is 0.787. The van der Waals surface area contributed by atoms with E-state index in [0.29, 0.717) is 18.8 Å². The van der Waals surface area contributed by atoms with Gasteiger partial charge in [-0.05, 0) is 11.6 Å². The molecule has 0 saturated heterocycles. The number of imidazole rings is 1. The molecule has 3 heterocycles. The Morgan fingerprint density at radius 2 is 1.96 bits per heavy atom. The second-order valence-corrected chi connectivity index (χ2v) is 5.45. The van der Waals surface area contributed by atoms with Crippen LogP contribution >= 0.6 is 0 Å². The average molecular weight is 305 g/mol. The van der Waals surface area contributed by atoms with E-state index in [1.807, 2.05) is 41.4 Å². The van der Waals surface area contributed by atoms with Gasteiger partial charge in [-0.15, -0.1) is 0 Å². The van der Waals surface area contributed by atoms with Crippen molar-refractivity contribution >= 4 is 5.91 Å². The van der Waals surface area contributed by atoms with E-state index < -0.39 is 0 Å². The van der Waals surface area contributed by atoms with Gasteiger partial charge in [0, 0.05) is 25.1 Å². The lowest BCUT2D eigenvalue weighted by molar-refractivity contribution is 0.0578. The molecule has 114 valence electrons. The van der Waals surface area contributed by atoms with Crippen molar-refractivity contribution in [1.29, 1.82) is 0 Å². The minimum atomic E-state index is -0.101. The van der Waals surface area contributed by atoms with Gasteiger partial charge in [0.25, 0.3) is 5.91 Å². The van der Waals surface area contributed by atoms with Crippen molar-refractivity contribution in [2.45, 2.75) is 19.1 Å². The lowest BCUT2D eigenvalue weighted by atomic mass is 10.0. The molecule has 0 aliphatic carbocycles. The van der Waals surface area contributed by atoms with E-state index in [9.17, 15) is 4.79 Å². The monoisotopic (exact) mass is 305 g/mol. The number of nitrogens with zero attached hydrogens (tertiary/aromatic N) is 5. The summed E-state index contributed by atoms with van der Waals surface area (Å²) in [7, 11) is 0. The fourth-order valence-corrected chi connectivity index (χ4v) is 2.94. The maximum absolute atomic E-state index is 12.9. The van der Waals surface area contributed by atoms with Crippen LogP contribution in [-0.2, 0) is 13.1 Å². The zero-order chi connectivity index (χ0) is 15.6. The molecule has 2 aromatic heterocycles. The molecule has 1 aromatic carbocycles. The van der Waals surface area contributed by atoms with Gasteiger partial charge in [0.1, 0.15) is 17.8 Å². The molecule has 3 aromatic rings. The number of rotatable bonds is 2. The number of hydrogen-bond donors (Lipinski definition) is 0. The quantitative estimate of drug-likeness (QED) is 0.727. The van der Waals surface area contributed by atoms with Gasteiger partial charge >= 0.3 is 0 Å². The average Bonchev–Trinajstić information content (AvgIpc) is 3.09. The molecule has 1 aliphatic rings. The summed E-state index contributed by atoms with van der Waals surface area (Å²) >= 11 is 0. The second kappa shape index (κ2) is 5.64. The smallest absolute Gasteiger partial charge is 0.273 e. The minimum absolute atomic E-state index is 0.0413. The SMILES string of the molecule is O=C(c1ccncn1)N1Cc2nccn2C[C@@H]1c1ccccc1. The number of carbonyl (C=O) groups excluding carboxylic acids is 1. The van der Waals surface area contributed by atoms with Crippen molar-refractivity contribution in [1.82, 2.24) is 24.4 Å². The zero-order valence-corrected chi connectivity index (χ0v) is 12.4. The van der Waals surface area contributed by atoms with Crippen molar-refractivity contribution in [3.63, 3.8) is 0 Å². The largest absolute Gasteiger partial charge is 0.331 e. The van der Waals surface area contributed by atoms with Gasteiger partial charge in [0.15, 0.2) is 0 Å². The van der Waals surface area contributed by atoms with Crippen molar-refractivity contribution in [3.05, 3.63) is 78.4 Å². The molecular weight excluding hydrogens is 290 g/mol. The first kappa shape index (κ1) is 13.6. The van der Waals surface area contributed by atoms with Crippen molar-refractivity contribution in [2.24, 2.45) is 0 Å². The van der Waals surface area contributed by atoms with E-state index in [-0.39, 0.29) is 11.9 Å². The number of hydrogen-bond acceptors (Lipinski definition) is 4. The third-order valence-corrected chi connectivity index (χ3v) is 4.11. The van der Waals surface area contributed by atoms with E-state index in [2.05, 4.69) is 19.5 Å². The van der Waals surface area contributed by atoms with Gasteiger partial charge in [-0.1, -0.05) is 30.3 Å². The molecule has 1 aliphatic heterocycles. The molecule has 4 rings (SSSR count). The molecule has 0 bridgehead atoms. The summed E-state index contributed by atoms with van der Waals surface area (Å²) in [5, 5.41) is 0. The summed E-state index contributed by atoms with van der Waals surface area (Å²) in [6.07, 6.45) is 6.71. The third kappa shape index (κ3) is 2.48. The number of aromatic nitrogens is 4. The van der Waals surface area contributed by atoms with Crippen LogP contribution < -0.4 is 0 Å². The van der Waals surface area contributed by atoms with Crippen LogP contribution in [0.4, 0.5) is 0 Å². The van der Waals surface area contributed by atoms with E-state index in [4.69, 9.17) is 0 Å². The number of amides is 1. The molecule has 0 spiro atoms. The van der Waals surface area contributed by atoms with Crippen LogP contribution in [0.1, 0.15) is 27.9 Å². The maximum atomic E-state index is 12.9. The Morgan fingerprint density at radius 1 is 1.09 bits per heavy atom. The lowest BCUT2D eigenvalue weighted by Crippen LogP contribution is -2.41. The first-order valence-corrected chi connectivity index (χ1v) is 7.45. The second-order valence-electron chi connectivity index (χ2n) is 5.45. The molecule has 23 heavy (non-hydrogen) atoms. The van der Waals surface area contributed by atoms with Crippen molar-refractivity contribution < 1.29 is 4.79 Å². The molecule has 6 heteroatoms. The first-order chi connectivity index (χ1) is 11.3. The number of benzene rings is 1. The molecule has 0 radical (unpaired) electrons. The number of fused-ring (bicyclic) bond motifs is 1. The molecule has 0 unspecified atom stereocenters. The molecule has 0 N–H and O–H groups in total. The number of carbonyl (C=O) groups is 1. The van der Waals surface area contributed by atoms with Crippen LogP contribution in [0.25, 0.3) is 0 Å². The molecule has 1 amide bonds. The normalized spacial score (nSPS) is 16.9. The standard InChI is InChI=1S/C17H15N5O/c23-17(14-6-7-18-12-20-14)22-11-16-19-8-9-21(16)10-15(22)13-4-2-1-3-5-13/h1-9,12,15H,10-11H2/t15-/m1/s1. The highest BCUT2D eigenvalue weighted by molar-refractivity contribution is 5.92. The van der Waals surface area contributed by atoms with Crippen molar-refractivity contribution in [3.8, 4) is 0 Å². The molecular formula is C17H15N5O. The van der Waals surface area contributed by atoms with Crippen LogP contribution in [0.5, 0.6) is 0 Å². The van der Waals surface area contributed by atoms with Gasteiger partial charge in [-0.2, -0.15) is 0 Å². The van der Waals surface area contributed by atoms with Gasteiger partial charge in [0.2, 0.25) is 0 Å². The zero-order valence-electron chi connectivity index (χ0n) is 12.4. The molecule has 1 atom stereocenters. The van der Waals surface area contributed by atoms with E-state index >= 15 is 0 Å². The van der Waals surface area contributed by atoms with E-state index in [1.54, 1.807) is 18.5 Å². The Labute approximate surface area is 133 Å². The highest BCUT2D eigenvalue weighted by Gasteiger charge is 2.32. The topological polar surface area (TPSA) is 63.9 Å². The Balaban J connectivity index is 1.74. The van der Waals surface area contributed by atoms with Crippen LogP contribution in [-0.4, -0.2) is 30.3 Å².